The summed E-state index contributed by atoms with van der Waals surface area (Å²) in [5.74, 6) is 0. The van der Waals surface area contributed by atoms with Gasteiger partial charge in [0.15, 0.2) is 0 Å². The molecule has 0 amide bonds. The van der Waals surface area contributed by atoms with Gasteiger partial charge < -0.3 is 5.32 Å². The van der Waals surface area contributed by atoms with Crippen LogP contribution in [0.15, 0.2) is 6.07 Å². The molecule has 0 aromatic carbocycles. The van der Waals surface area contributed by atoms with Crippen molar-refractivity contribution in [1.29, 1.82) is 0 Å². The van der Waals surface area contributed by atoms with Crippen molar-refractivity contribution < 1.29 is 0 Å². The molecule has 0 saturated heterocycles. The Labute approximate surface area is 106 Å². The highest BCUT2D eigenvalue weighted by Crippen LogP contribution is 2.33. The Morgan fingerprint density at radius 2 is 2.00 bits per heavy atom. The van der Waals surface area contributed by atoms with Gasteiger partial charge in [0.2, 0.25) is 0 Å². The molecule has 1 aromatic heterocycles. The lowest BCUT2D eigenvalue weighted by Gasteiger charge is -2.32. The summed E-state index contributed by atoms with van der Waals surface area (Å²) in [4.78, 5) is 0. The molecule has 0 spiro atoms. The van der Waals surface area contributed by atoms with Crippen LogP contribution in [0.3, 0.4) is 0 Å². The first-order valence-corrected chi connectivity index (χ1v) is 6.67. The minimum absolute atomic E-state index is 0.203. The van der Waals surface area contributed by atoms with Crippen LogP contribution in [0.2, 0.25) is 0 Å². The van der Waals surface area contributed by atoms with Gasteiger partial charge in [-0.05, 0) is 38.3 Å². The van der Waals surface area contributed by atoms with Crippen LogP contribution >= 0.6 is 0 Å². The Bertz CT molecular complexity index is 347. The van der Waals surface area contributed by atoms with Gasteiger partial charge in [-0.3, -0.25) is 4.68 Å². The highest BCUT2D eigenvalue weighted by molar-refractivity contribution is 5.15. The molecular weight excluding hydrogens is 210 g/mol. The average molecular weight is 237 g/mol. The molecule has 0 aliphatic carbocycles. The minimum Gasteiger partial charge on any atom is -0.308 e. The van der Waals surface area contributed by atoms with E-state index in [1.54, 1.807) is 0 Å². The molecule has 1 unspecified atom stereocenters. The Balaban J connectivity index is 3.03. The first-order chi connectivity index (χ1) is 7.90. The van der Waals surface area contributed by atoms with Crippen molar-refractivity contribution in [3.05, 3.63) is 17.5 Å². The summed E-state index contributed by atoms with van der Waals surface area (Å²) in [6.45, 7) is 15.2. The molecule has 0 aliphatic heterocycles. The lowest BCUT2D eigenvalue weighted by Crippen LogP contribution is -2.34. The molecule has 0 saturated carbocycles. The highest BCUT2D eigenvalue weighted by Gasteiger charge is 2.28. The van der Waals surface area contributed by atoms with Crippen molar-refractivity contribution in [2.24, 2.45) is 5.41 Å². The molecule has 98 valence electrons. The van der Waals surface area contributed by atoms with E-state index in [1.807, 2.05) is 0 Å². The fraction of sp³-hybridized carbons (Fsp3) is 0.786. The molecule has 0 bridgehead atoms. The molecule has 3 nitrogen and oxygen atoms in total. The SMILES string of the molecule is CCCNC(c1cc(C)nn1CC)C(C)(C)C. The van der Waals surface area contributed by atoms with Crippen molar-refractivity contribution >= 4 is 0 Å². The topological polar surface area (TPSA) is 29.9 Å². The number of hydrogen-bond donors (Lipinski definition) is 1. The fourth-order valence-electron chi connectivity index (χ4n) is 2.19. The van der Waals surface area contributed by atoms with Gasteiger partial charge in [0.25, 0.3) is 0 Å². The maximum atomic E-state index is 4.55. The molecule has 1 atom stereocenters. The normalized spacial score (nSPS) is 14.0. The van der Waals surface area contributed by atoms with E-state index in [2.05, 4.69) is 62.7 Å². The van der Waals surface area contributed by atoms with E-state index in [0.29, 0.717) is 6.04 Å². The van der Waals surface area contributed by atoms with E-state index in [0.717, 1.165) is 25.2 Å². The number of hydrogen-bond acceptors (Lipinski definition) is 2. The van der Waals surface area contributed by atoms with Gasteiger partial charge in [-0.2, -0.15) is 5.10 Å². The smallest absolute Gasteiger partial charge is 0.0597 e. The maximum absolute atomic E-state index is 4.55. The zero-order valence-electron chi connectivity index (χ0n) is 12.2. The first-order valence-electron chi connectivity index (χ1n) is 6.67. The average Bonchev–Trinajstić information content (AvgIpc) is 2.58. The summed E-state index contributed by atoms with van der Waals surface area (Å²) in [7, 11) is 0. The Morgan fingerprint density at radius 1 is 1.35 bits per heavy atom. The number of aromatic nitrogens is 2. The van der Waals surface area contributed by atoms with Crippen LogP contribution in [0.25, 0.3) is 0 Å². The van der Waals surface area contributed by atoms with Crippen molar-refractivity contribution in [2.45, 2.75) is 60.5 Å². The summed E-state index contributed by atoms with van der Waals surface area (Å²) < 4.78 is 2.12. The van der Waals surface area contributed by atoms with E-state index in [4.69, 9.17) is 0 Å². The van der Waals surface area contributed by atoms with Crippen molar-refractivity contribution in [3.8, 4) is 0 Å². The molecule has 0 aliphatic rings. The standard InChI is InChI=1S/C14H27N3/c1-7-9-15-13(14(4,5)6)12-10-11(3)16-17(12)8-2/h10,13,15H,7-9H2,1-6H3. The zero-order valence-corrected chi connectivity index (χ0v) is 12.2. The van der Waals surface area contributed by atoms with Gasteiger partial charge in [-0.1, -0.05) is 27.7 Å². The Hall–Kier alpha value is -0.830. The third-order valence-corrected chi connectivity index (χ3v) is 2.99. The first kappa shape index (κ1) is 14.2. The van der Waals surface area contributed by atoms with Crippen LogP contribution in [0, 0.1) is 12.3 Å². The van der Waals surface area contributed by atoms with Gasteiger partial charge in [-0.15, -0.1) is 0 Å². The molecular formula is C14H27N3. The van der Waals surface area contributed by atoms with Crippen LogP contribution in [-0.2, 0) is 6.54 Å². The summed E-state index contributed by atoms with van der Waals surface area (Å²) in [5, 5.41) is 8.20. The second-order valence-corrected chi connectivity index (χ2v) is 5.78. The molecule has 1 rings (SSSR count). The number of nitrogens with zero attached hydrogens (tertiary/aromatic N) is 2. The van der Waals surface area contributed by atoms with Gasteiger partial charge in [0.05, 0.1) is 17.4 Å². The lowest BCUT2D eigenvalue weighted by molar-refractivity contribution is 0.259. The fourth-order valence-corrected chi connectivity index (χ4v) is 2.19. The Kier molecular flexibility index (Phi) is 4.75. The molecule has 17 heavy (non-hydrogen) atoms. The molecule has 1 heterocycles. The number of nitrogens with one attached hydrogen (secondary N) is 1. The molecule has 3 heteroatoms. The van der Waals surface area contributed by atoms with Gasteiger partial charge in [-0.25, -0.2) is 0 Å². The van der Waals surface area contributed by atoms with E-state index in [-0.39, 0.29) is 5.41 Å². The molecule has 1 N–H and O–H groups in total. The Morgan fingerprint density at radius 3 is 2.47 bits per heavy atom. The zero-order chi connectivity index (χ0) is 13.1. The van der Waals surface area contributed by atoms with Crippen molar-refractivity contribution in [2.75, 3.05) is 6.54 Å². The van der Waals surface area contributed by atoms with Gasteiger partial charge in [0.1, 0.15) is 0 Å². The summed E-state index contributed by atoms with van der Waals surface area (Å²) in [5.41, 5.74) is 2.62. The van der Waals surface area contributed by atoms with Crippen molar-refractivity contribution in [3.63, 3.8) is 0 Å². The van der Waals surface area contributed by atoms with Crippen LogP contribution in [0.5, 0.6) is 0 Å². The summed E-state index contributed by atoms with van der Waals surface area (Å²) in [6, 6.07) is 2.57. The predicted octanol–water partition coefficient (Wildman–Crippen LogP) is 3.30. The van der Waals surface area contributed by atoms with Crippen LogP contribution in [-0.4, -0.2) is 16.3 Å². The monoisotopic (exact) mass is 237 g/mol. The van der Waals surface area contributed by atoms with Gasteiger partial charge in [0, 0.05) is 6.54 Å². The molecule has 1 aromatic rings. The second kappa shape index (κ2) is 5.67. The van der Waals surface area contributed by atoms with E-state index < -0.39 is 0 Å². The third-order valence-electron chi connectivity index (χ3n) is 2.99. The minimum atomic E-state index is 0.203. The molecule has 0 fully saturated rings. The van der Waals surface area contributed by atoms with E-state index in [1.165, 1.54) is 5.69 Å². The lowest BCUT2D eigenvalue weighted by atomic mass is 9.84. The third kappa shape index (κ3) is 3.56. The maximum Gasteiger partial charge on any atom is 0.0597 e. The van der Waals surface area contributed by atoms with Crippen molar-refractivity contribution in [1.82, 2.24) is 15.1 Å². The van der Waals surface area contributed by atoms with Crippen LogP contribution < -0.4 is 5.32 Å². The largest absolute Gasteiger partial charge is 0.308 e. The highest BCUT2D eigenvalue weighted by atomic mass is 15.3. The van der Waals surface area contributed by atoms with E-state index >= 15 is 0 Å². The quantitative estimate of drug-likeness (QED) is 0.851. The number of rotatable bonds is 5. The van der Waals surface area contributed by atoms with Gasteiger partial charge >= 0.3 is 0 Å². The second-order valence-electron chi connectivity index (χ2n) is 5.78. The van der Waals surface area contributed by atoms with Crippen LogP contribution in [0.4, 0.5) is 0 Å². The predicted molar refractivity (Wildman–Crippen MR) is 73.1 cm³/mol. The number of aryl methyl sites for hydroxylation is 2. The van der Waals surface area contributed by atoms with E-state index in [9.17, 15) is 0 Å². The van der Waals surface area contributed by atoms with Crippen LogP contribution in [0.1, 0.15) is 58.5 Å². The molecule has 0 radical (unpaired) electrons. The summed E-state index contributed by atoms with van der Waals surface area (Å²) >= 11 is 0. The summed E-state index contributed by atoms with van der Waals surface area (Å²) in [6.07, 6.45) is 1.16.